The highest BCUT2D eigenvalue weighted by molar-refractivity contribution is 5.90. The average molecular weight is 258 g/mol. The molecule has 3 saturated carbocycles. The minimum atomic E-state index is 0.0289. The number of hydrogen-bond acceptors (Lipinski definition) is 1. The van der Waals surface area contributed by atoms with Gasteiger partial charge >= 0.3 is 0 Å². The molecule has 4 aliphatic carbocycles. The molecule has 1 nitrogen and oxygen atoms in total. The fourth-order valence-electron chi connectivity index (χ4n) is 6.26. The van der Waals surface area contributed by atoms with Crippen LogP contribution in [0.25, 0.3) is 0 Å². The van der Waals surface area contributed by atoms with Gasteiger partial charge < -0.3 is 0 Å². The standard InChI is InChI=1S/C18H26O/c1-11-10-14-15(17(14,2)3)13-8-4-6-12-7-5-9-18(11,12)16(13)19/h4,6,11-15H,5,7-10H2,1-3H3/t11-,12-,13+,14-,15+,18-/m1/s1. The van der Waals surface area contributed by atoms with E-state index in [9.17, 15) is 4.79 Å². The van der Waals surface area contributed by atoms with Crippen molar-refractivity contribution in [3.63, 3.8) is 0 Å². The van der Waals surface area contributed by atoms with Gasteiger partial charge in [0.2, 0.25) is 0 Å². The van der Waals surface area contributed by atoms with Crippen molar-refractivity contribution in [3.8, 4) is 0 Å². The van der Waals surface area contributed by atoms with Crippen LogP contribution < -0.4 is 0 Å². The molecule has 4 rings (SSSR count). The number of allylic oxidation sites excluding steroid dienone is 2. The van der Waals surface area contributed by atoms with Gasteiger partial charge in [-0.05, 0) is 54.8 Å². The molecule has 3 fully saturated rings. The molecule has 1 heteroatoms. The largest absolute Gasteiger partial charge is 0.299 e. The summed E-state index contributed by atoms with van der Waals surface area (Å²) in [6, 6.07) is 0. The molecule has 0 aromatic carbocycles. The molecule has 6 atom stereocenters. The normalized spacial score (nSPS) is 54.1. The molecule has 0 N–H and O–H groups in total. The van der Waals surface area contributed by atoms with Crippen LogP contribution in [0.1, 0.15) is 52.9 Å². The first kappa shape index (κ1) is 12.2. The third-order valence-electron chi connectivity index (χ3n) is 7.38. The summed E-state index contributed by atoms with van der Waals surface area (Å²) in [6.45, 7) is 7.16. The Balaban J connectivity index is 1.83. The Kier molecular flexibility index (Phi) is 2.27. The van der Waals surface area contributed by atoms with Crippen LogP contribution in [0.3, 0.4) is 0 Å². The van der Waals surface area contributed by atoms with Gasteiger partial charge in [0.15, 0.2) is 0 Å². The van der Waals surface area contributed by atoms with E-state index in [1.807, 2.05) is 0 Å². The van der Waals surface area contributed by atoms with Crippen LogP contribution in [0.15, 0.2) is 12.2 Å². The van der Waals surface area contributed by atoms with Crippen molar-refractivity contribution in [1.82, 2.24) is 0 Å². The summed E-state index contributed by atoms with van der Waals surface area (Å²) in [4.78, 5) is 13.3. The number of Topliss-reactive ketones (excluding diaryl/α,β-unsaturated/α-hetero) is 1. The first-order chi connectivity index (χ1) is 8.99. The number of ketones is 1. The number of hydrogen-bond donors (Lipinski definition) is 0. The number of fused-ring (bicyclic) bond motifs is 3. The minimum Gasteiger partial charge on any atom is -0.299 e. The van der Waals surface area contributed by atoms with Crippen molar-refractivity contribution in [2.45, 2.75) is 52.9 Å². The van der Waals surface area contributed by atoms with E-state index in [2.05, 4.69) is 32.9 Å². The van der Waals surface area contributed by atoms with Crippen molar-refractivity contribution < 1.29 is 4.79 Å². The SMILES string of the molecule is C[C@@H]1C[C@@H]2[C@H]([C@@H]3CC=C[C@@H]4CCC[C@@]14C3=O)C2(C)C. The Hall–Kier alpha value is -0.590. The zero-order valence-electron chi connectivity index (χ0n) is 12.5. The van der Waals surface area contributed by atoms with Gasteiger partial charge in [0.25, 0.3) is 0 Å². The first-order valence-electron chi connectivity index (χ1n) is 8.20. The number of rotatable bonds is 0. The highest BCUT2D eigenvalue weighted by Gasteiger charge is 2.68. The average Bonchev–Trinajstić information content (AvgIpc) is 2.77. The van der Waals surface area contributed by atoms with Crippen LogP contribution in [0.5, 0.6) is 0 Å². The minimum absolute atomic E-state index is 0.0289. The fourth-order valence-corrected chi connectivity index (χ4v) is 6.26. The van der Waals surface area contributed by atoms with Crippen molar-refractivity contribution in [1.29, 1.82) is 0 Å². The molecule has 0 aromatic rings. The van der Waals surface area contributed by atoms with Gasteiger partial charge in [0, 0.05) is 11.3 Å². The van der Waals surface area contributed by atoms with Gasteiger partial charge in [0.1, 0.15) is 5.78 Å². The van der Waals surface area contributed by atoms with Gasteiger partial charge in [-0.3, -0.25) is 4.79 Å². The molecule has 19 heavy (non-hydrogen) atoms. The van der Waals surface area contributed by atoms with E-state index >= 15 is 0 Å². The van der Waals surface area contributed by atoms with E-state index in [-0.39, 0.29) is 5.41 Å². The molecule has 0 unspecified atom stereocenters. The first-order valence-corrected chi connectivity index (χ1v) is 8.20. The summed E-state index contributed by atoms with van der Waals surface area (Å²) in [5.41, 5.74) is 0.448. The Bertz CT molecular complexity index is 460. The summed E-state index contributed by atoms with van der Waals surface area (Å²) in [5, 5.41) is 0. The maximum Gasteiger partial charge on any atom is 0.143 e. The third kappa shape index (κ3) is 1.30. The topological polar surface area (TPSA) is 17.1 Å². The molecule has 0 aromatic heterocycles. The van der Waals surface area contributed by atoms with Crippen LogP contribution in [0.4, 0.5) is 0 Å². The van der Waals surface area contributed by atoms with Crippen LogP contribution in [0.2, 0.25) is 0 Å². The molecule has 0 amide bonds. The Morgan fingerprint density at radius 2 is 2.11 bits per heavy atom. The Morgan fingerprint density at radius 1 is 1.32 bits per heavy atom. The second kappa shape index (κ2) is 3.54. The summed E-state index contributed by atoms with van der Waals surface area (Å²) in [5.74, 6) is 3.62. The molecule has 4 aliphatic rings. The van der Waals surface area contributed by atoms with E-state index in [0.29, 0.717) is 34.9 Å². The second-order valence-electron chi connectivity index (χ2n) is 8.26. The maximum atomic E-state index is 13.3. The summed E-state index contributed by atoms with van der Waals surface area (Å²) < 4.78 is 0. The van der Waals surface area contributed by atoms with Gasteiger partial charge in [-0.1, -0.05) is 39.3 Å². The number of carbonyl (C=O) groups excluding carboxylic acids is 1. The van der Waals surface area contributed by atoms with Gasteiger partial charge in [-0.25, -0.2) is 0 Å². The lowest BCUT2D eigenvalue weighted by Crippen LogP contribution is -2.42. The van der Waals surface area contributed by atoms with Crippen LogP contribution >= 0.6 is 0 Å². The van der Waals surface area contributed by atoms with Crippen LogP contribution in [-0.4, -0.2) is 5.78 Å². The predicted octanol–water partition coefficient (Wildman–Crippen LogP) is 4.23. The Labute approximate surface area is 116 Å². The lowest BCUT2D eigenvalue weighted by molar-refractivity contribution is -0.137. The van der Waals surface area contributed by atoms with Crippen molar-refractivity contribution in [2.75, 3.05) is 0 Å². The summed E-state index contributed by atoms with van der Waals surface area (Å²) >= 11 is 0. The number of carbonyl (C=O) groups is 1. The zero-order valence-corrected chi connectivity index (χ0v) is 12.5. The van der Waals surface area contributed by atoms with E-state index in [1.54, 1.807) is 0 Å². The van der Waals surface area contributed by atoms with Crippen LogP contribution in [-0.2, 0) is 4.79 Å². The fraction of sp³-hybridized carbons (Fsp3) is 0.833. The van der Waals surface area contributed by atoms with Crippen molar-refractivity contribution >= 4 is 5.78 Å². The maximum absolute atomic E-state index is 13.3. The predicted molar refractivity (Wildman–Crippen MR) is 76.6 cm³/mol. The second-order valence-corrected chi connectivity index (χ2v) is 8.26. The third-order valence-corrected chi connectivity index (χ3v) is 7.38. The van der Waals surface area contributed by atoms with Crippen LogP contribution in [0, 0.1) is 40.4 Å². The quantitative estimate of drug-likeness (QED) is 0.594. The molecule has 2 bridgehead atoms. The van der Waals surface area contributed by atoms with E-state index in [0.717, 1.165) is 12.3 Å². The molecule has 104 valence electrons. The molecule has 0 heterocycles. The lowest BCUT2D eigenvalue weighted by Gasteiger charge is -2.39. The monoisotopic (exact) mass is 258 g/mol. The van der Waals surface area contributed by atoms with Crippen molar-refractivity contribution in [3.05, 3.63) is 12.2 Å². The summed E-state index contributed by atoms with van der Waals surface area (Å²) in [6.07, 6.45) is 10.8. The lowest BCUT2D eigenvalue weighted by atomic mass is 9.63. The Morgan fingerprint density at radius 3 is 2.89 bits per heavy atom. The smallest absolute Gasteiger partial charge is 0.143 e. The highest BCUT2D eigenvalue weighted by Crippen LogP contribution is 2.71. The molecular formula is C18H26O. The molecule has 0 radical (unpaired) electrons. The van der Waals surface area contributed by atoms with Crippen molar-refractivity contribution in [2.24, 2.45) is 40.4 Å². The van der Waals surface area contributed by atoms with Gasteiger partial charge in [0.05, 0.1) is 0 Å². The van der Waals surface area contributed by atoms with E-state index in [1.165, 1.54) is 25.7 Å². The highest BCUT2D eigenvalue weighted by atomic mass is 16.1. The van der Waals surface area contributed by atoms with Gasteiger partial charge in [-0.2, -0.15) is 0 Å². The molecule has 0 saturated heterocycles. The zero-order chi connectivity index (χ0) is 13.4. The molecule has 1 spiro atoms. The summed E-state index contributed by atoms with van der Waals surface area (Å²) in [7, 11) is 0. The molecular weight excluding hydrogens is 232 g/mol. The molecule has 0 aliphatic heterocycles. The van der Waals surface area contributed by atoms with E-state index in [4.69, 9.17) is 0 Å². The van der Waals surface area contributed by atoms with E-state index < -0.39 is 0 Å². The van der Waals surface area contributed by atoms with Gasteiger partial charge in [-0.15, -0.1) is 0 Å².